The summed E-state index contributed by atoms with van der Waals surface area (Å²) in [5.41, 5.74) is 9.54. The Morgan fingerprint density at radius 2 is 1.70 bits per heavy atom. The molecule has 0 radical (unpaired) electrons. The van der Waals surface area contributed by atoms with Crippen molar-refractivity contribution in [1.29, 1.82) is 0 Å². The molecule has 0 aliphatic rings. The van der Waals surface area contributed by atoms with Gasteiger partial charge in [0.1, 0.15) is 0 Å². The Bertz CT molecular complexity index is 767. The number of aromatic nitrogens is 1. The smallest absolute Gasteiger partial charge is 0.0495 e. The molecule has 0 bridgehead atoms. The van der Waals surface area contributed by atoms with Gasteiger partial charge in [0.25, 0.3) is 0 Å². The van der Waals surface area contributed by atoms with Gasteiger partial charge in [-0.2, -0.15) is 0 Å². The second kappa shape index (κ2) is 5.17. The van der Waals surface area contributed by atoms with E-state index in [1.807, 2.05) is 30.6 Å². The minimum Gasteiger partial charge on any atom is -0.398 e. The highest BCUT2D eigenvalue weighted by Crippen LogP contribution is 2.40. The van der Waals surface area contributed by atoms with E-state index in [1.165, 1.54) is 15.8 Å². The molecule has 3 aromatic rings. The minimum atomic E-state index is 0.858. The van der Waals surface area contributed by atoms with Crippen LogP contribution in [-0.2, 0) is 0 Å². The zero-order chi connectivity index (χ0) is 14.1. The molecule has 0 saturated heterocycles. The van der Waals surface area contributed by atoms with Crippen LogP contribution < -0.4 is 5.73 Å². The van der Waals surface area contributed by atoms with Gasteiger partial charge in [-0.1, -0.05) is 30.0 Å². The van der Waals surface area contributed by atoms with E-state index in [1.54, 1.807) is 11.8 Å². The van der Waals surface area contributed by atoms with E-state index >= 15 is 0 Å². The first-order valence-electron chi connectivity index (χ1n) is 6.53. The Kier molecular flexibility index (Phi) is 3.36. The number of benzene rings is 2. The highest BCUT2D eigenvalue weighted by Gasteiger charge is 2.13. The molecule has 0 spiro atoms. The van der Waals surface area contributed by atoms with E-state index in [0.717, 1.165) is 21.5 Å². The molecule has 2 N–H and O–H groups in total. The van der Waals surface area contributed by atoms with Crippen molar-refractivity contribution in [2.45, 2.75) is 23.6 Å². The van der Waals surface area contributed by atoms with Gasteiger partial charge in [-0.15, -0.1) is 0 Å². The highest BCUT2D eigenvalue weighted by molar-refractivity contribution is 7.99. The van der Waals surface area contributed by atoms with E-state index in [9.17, 15) is 0 Å². The number of anilines is 1. The van der Waals surface area contributed by atoms with Gasteiger partial charge in [0, 0.05) is 33.3 Å². The normalized spacial score (nSPS) is 10.9. The first kappa shape index (κ1) is 13.0. The summed E-state index contributed by atoms with van der Waals surface area (Å²) in [7, 11) is 0. The summed E-state index contributed by atoms with van der Waals surface area (Å²) in [5, 5.41) is 2.37. The van der Waals surface area contributed by atoms with Crippen molar-refractivity contribution in [3.05, 3.63) is 59.9 Å². The fourth-order valence-electron chi connectivity index (χ4n) is 2.40. The van der Waals surface area contributed by atoms with E-state index in [2.05, 4.69) is 37.0 Å². The first-order chi connectivity index (χ1) is 9.68. The largest absolute Gasteiger partial charge is 0.398 e. The third-order valence-electron chi connectivity index (χ3n) is 3.58. The fourth-order valence-corrected chi connectivity index (χ4v) is 3.45. The van der Waals surface area contributed by atoms with E-state index in [4.69, 9.17) is 5.73 Å². The topological polar surface area (TPSA) is 38.9 Å². The maximum atomic E-state index is 6.35. The average Bonchev–Trinajstić information content (AvgIpc) is 2.50. The second-order valence-corrected chi connectivity index (χ2v) is 5.91. The highest BCUT2D eigenvalue weighted by atomic mass is 32.2. The molecule has 0 saturated carbocycles. The molecular weight excluding hydrogens is 264 g/mol. The Morgan fingerprint density at radius 3 is 2.45 bits per heavy atom. The van der Waals surface area contributed by atoms with Crippen molar-refractivity contribution in [2.24, 2.45) is 0 Å². The third-order valence-corrected chi connectivity index (χ3v) is 4.82. The van der Waals surface area contributed by atoms with Crippen LogP contribution in [0, 0.1) is 13.8 Å². The van der Waals surface area contributed by atoms with E-state index in [0.29, 0.717) is 0 Å². The number of rotatable bonds is 2. The van der Waals surface area contributed by atoms with Crippen LogP contribution >= 0.6 is 11.8 Å². The zero-order valence-electron chi connectivity index (χ0n) is 11.6. The minimum absolute atomic E-state index is 0.858. The van der Waals surface area contributed by atoms with Crippen LogP contribution in [0.25, 0.3) is 10.8 Å². The molecule has 100 valence electrons. The van der Waals surface area contributed by atoms with Gasteiger partial charge >= 0.3 is 0 Å². The Hall–Kier alpha value is -2.00. The molecule has 3 heteroatoms. The van der Waals surface area contributed by atoms with Gasteiger partial charge in [-0.3, -0.25) is 4.98 Å². The molecule has 0 atom stereocenters. The second-order valence-electron chi connectivity index (χ2n) is 4.83. The zero-order valence-corrected chi connectivity index (χ0v) is 12.4. The molecule has 1 heterocycles. The number of hydrogen-bond acceptors (Lipinski definition) is 3. The first-order valence-corrected chi connectivity index (χ1v) is 7.35. The molecule has 3 rings (SSSR count). The van der Waals surface area contributed by atoms with Gasteiger partial charge in [-0.05, 0) is 48.6 Å². The summed E-state index contributed by atoms with van der Waals surface area (Å²) < 4.78 is 0. The van der Waals surface area contributed by atoms with Crippen molar-refractivity contribution in [1.82, 2.24) is 4.98 Å². The molecule has 2 aromatic carbocycles. The van der Waals surface area contributed by atoms with Crippen molar-refractivity contribution in [3.63, 3.8) is 0 Å². The molecule has 20 heavy (non-hydrogen) atoms. The monoisotopic (exact) mass is 280 g/mol. The summed E-state index contributed by atoms with van der Waals surface area (Å²) in [6.45, 7) is 4.19. The standard InChI is InChI=1S/C17H16N2S/c1-11-15-10-19-9-8-14(15)12(2)17(16(11)18)20-13-6-4-3-5-7-13/h3-10H,18H2,1-2H3. The van der Waals surface area contributed by atoms with Crippen LogP contribution in [0.15, 0.2) is 58.6 Å². The van der Waals surface area contributed by atoms with Crippen molar-refractivity contribution >= 4 is 28.2 Å². The quantitative estimate of drug-likeness (QED) is 0.698. The lowest BCUT2D eigenvalue weighted by atomic mass is 10.0. The van der Waals surface area contributed by atoms with E-state index in [-0.39, 0.29) is 0 Å². The average molecular weight is 280 g/mol. The van der Waals surface area contributed by atoms with Crippen LogP contribution in [0.5, 0.6) is 0 Å². The van der Waals surface area contributed by atoms with Crippen LogP contribution in [0.3, 0.4) is 0 Å². The number of fused-ring (bicyclic) bond motifs is 1. The predicted octanol–water partition coefficient (Wildman–Crippen LogP) is 4.59. The van der Waals surface area contributed by atoms with Gasteiger partial charge in [0.2, 0.25) is 0 Å². The molecule has 1 aromatic heterocycles. The number of hydrogen-bond donors (Lipinski definition) is 1. The van der Waals surface area contributed by atoms with Crippen molar-refractivity contribution in [3.8, 4) is 0 Å². The molecule has 0 aliphatic carbocycles. The van der Waals surface area contributed by atoms with Crippen molar-refractivity contribution in [2.75, 3.05) is 5.73 Å². The molecule has 0 amide bonds. The Labute approximate surface area is 123 Å². The number of nitrogen functional groups attached to an aromatic ring is 1. The molecule has 0 unspecified atom stereocenters. The summed E-state index contributed by atoms with van der Waals surface area (Å²) in [4.78, 5) is 6.56. The lowest BCUT2D eigenvalue weighted by Crippen LogP contribution is -1.98. The molecular formula is C17H16N2S. The van der Waals surface area contributed by atoms with Gasteiger partial charge in [-0.25, -0.2) is 0 Å². The number of pyridine rings is 1. The van der Waals surface area contributed by atoms with Gasteiger partial charge in [0.05, 0.1) is 0 Å². The molecule has 0 fully saturated rings. The number of nitrogens with zero attached hydrogens (tertiary/aromatic N) is 1. The predicted molar refractivity (Wildman–Crippen MR) is 86.2 cm³/mol. The van der Waals surface area contributed by atoms with Crippen LogP contribution in [-0.4, -0.2) is 4.98 Å². The van der Waals surface area contributed by atoms with Crippen molar-refractivity contribution < 1.29 is 0 Å². The van der Waals surface area contributed by atoms with Crippen LogP contribution in [0.2, 0.25) is 0 Å². The number of aryl methyl sites for hydroxylation is 2. The summed E-state index contributed by atoms with van der Waals surface area (Å²) in [6.07, 6.45) is 3.73. The fraction of sp³-hybridized carbons (Fsp3) is 0.118. The molecule has 2 nitrogen and oxygen atoms in total. The molecule has 0 aliphatic heterocycles. The Balaban J connectivity index is 2.21. The van der Waals surface area contributed by atoms with E-state index < -0.39 is 0 Å². The maximum absolute atomic E-state index is 6.35. The number of nitrogens with two attached hydrogens (primary N) is 1. The SMILES string of the molecule is Cc1c(N)c(Sc2ccccc2)c(C)c2ccncc12. The lowest BCUT2D eigenvalue weighted by Gasteiger charge is -2.15. The lowest BCUT2D eigenvalue weighted by molar-refractivity contribution is 1.28. The Morgan fingerprint density at radius 1 is 0.950 bits per heavy atom. The van der Waals surface area contributed by atoms with Crippen LogP contribution in [0.1, 0.15) is 11.1 Å². The van der Waals surface area contributed by atoms with Crippen LogP contribution in [0.4, 0.5) is 5.69 Å². The van der Waals surface area contributed by atoms with Gasteiger partial charge < -0.3 is 5.73 Å². The maximum Gasteiger partial charge on any atom is 0.0495 e. The summed E-state index contributed by atoms with van der Waals surface area (Å²) in [5.74, 6) is 0. The summed E-state index contributed by atoms with van der Waals surface area (Å²) >= 11 is 1.72. The third kappa shape index (κ3) is 2.14. The summed E-state index contributed by atoms with van der Waals surface area (Å²) in [6, 6.07) is 12.4. The van der Waals surface area contributed by atoms with Gasteiger partial charge in [0.15, 0.2) is 0 Å².